The number of likely N-dealkylation sites (tertiary alicyclic amines) is 1. The average Bonchev–Trinajstić information content (AvgIpc) is 2.83. The predicted octanol–water partition coefficient (Wildman–Crippen LogP) is 1.53. The number of hydrogen-bond donors (Lipinski definition) is 1. The van der Waals surface area contributed by atoms with Gasteiger partial charge >= 0.3 is 0 Å². The minimum atomic E-state index is -0.547. The standard InChI is InChI=1S/C16H26N3O4/c1-3-7-16(22)19(23)11-6-4-5-8-14(20)17-12-18-13(2)9-10-15(18)21/h3,7,13H,4-6,8-12H2,1-2H3,(H,17,20)/q-1/b7-3-. The summed E-state index contributed by atoms with van der Waals surface area (Å²) in [7, 11) is 0. The van der Waals surface area contributed by atoms with Gasteiger partial charge < -0.3 is 20.5 Å². The van der Waals surface area contributed by atoms with Crippen LogP contribution in [-0.2, 0) is 14.4 Å². The molecule has 0 aromatic rings. The van der Waals surface area contributed by atoms with Crippen LogP contribution in [0.2, 0.25) is 0 Å². The Balaban J connectivity index is 2.08. The number of carbonyl (C=O) groups excluding carboxylic acids is 3. The van der Waals surface area contributed by atoms with Crippen LogP contribution in [0.4, 0.5) is 0 Å². The molecule has 1 heterocycles. The third-order valence-electron chi connectivity index (χ3n) is 3.90. The molecule has 7 nitrogen and oxygen atoms in total. The molecule has 3 amide bonds. The van der Waals surface area contributed by atoms with Crippen molar-refractivity contribution in [2.75, 3.05) is 13.2 Å². The molecule has 0 spiro atoms. The van der Waals surface area contributed by atoms with Crippen LogP contribution in [0.5, 0.6) is 0 Å². The van der Waals surface area contributed by atoms with E-state index in [-0.39, 0.29) is 31.1 Å². The van der Waals surface area contributed by atoms with Crippen LogP contribution in [0.25, 0.3) is 0 Å². The molecule has 0 aliphatic carbocycles. The number of nitrogens with one attached hydrogen (secondary N) is 1. The summed E-state index contributed by atoms with van der Waals surface area (Å²) in [5.41, 5.74) is 0. The lowest BCUT2D eigenvalue weighted by molar-refractivity contribution is -0.130. The van der Waals surface area contributed by atoms with Gasteiger partial charge in [-0.3, -0.25) is 14.4 Å². The van der Waals surface area contributed by atoms with E-state index in [0.29, 0.717) is 37.2 Å². The van der Waals surface area contributed by atoms with Crippen LogP contribution in [-0.4, -0.2) is 46.9 Å². The SMILES string of the molecule is C/C=C\C(=O)N([O-])CCCCCC(=O)NCN1C(=O)CCC1C. The molecule has 1 unspecified atom stereocenters. The summed E-state index contributed by atoms with van der Waals surface area (Å²) in [6.07, 6.45) is 6.45. The first-order valence-corrected chi connectivity index (χ1v) is 8.13. The van der Waals surface area contributed by atoms with Crippen LogP contribution in [0.1, 0.15) is 52.4 Å². The highest BCUT2D eigenvalue weighted by Gasteiger charge is 2.27. The topological polar surface area (TPSA) is 92.8 Å². The lowest BCUT2D eigenvalue weighted by Gasteiger charge is -2.26. The molecule has 0 aromatic heterocycles. The second kappa shape index (κ2) is 9.99. The minimum absolute atomic E-state index is 0.0825. The molecule has 1 fully saturated rings. The van der Waals surface area contributed by atoms with Gasteiger partial charge in [0.05, 0.1) is 6.67 Å². The Morgan fingerprint density at radius 2 is 2.13 bits per heavy atom. The highest BCUT2D eigenvalue weighted by molar-refractivity contribution is 5.87. The van der Waals surface area contributed by atoms with E-state index in [4.69, 9.17) is 0 Å². The van der Waals surface area contributed by atoms with Gasteiger partial charge in [0, 0.05) is 25.4 Å². The van der Waals surface area contributed by atoms with E-state index in [1.54, 1.807) is 11.8 Å². The molecule has 1 atom stereocenters. The molecular formula is C16H26N3O4-. The summed E-state index contributed by atoms with van der Waals surface area (Å²) >= 11 is 0. The van der Waals surface area contributed by atoms with Crippen LogP contribution in [0, 0.1) is 5.21 Å². The molecule has 130 valence electrons. The van der Waals surface area contributed by atoms with Crippen molar-refractivity contribution in [1.29, 1.82) is 0 Å². The van der Waals surface area contributed by atoms with Crippen LogP contribution in [0.15, 0.2) is 12.2 Å². The predicted molar refractivity (Wildman–Crippen MR) is 86.9 cm³/mol. The van der Waals surface area contributed by atoms with E-state index < -0.39 is 5.91 Å². The Labute approximate surface area is 137 Å². The summed E-state index contributed by atoms with van der Waals surface area (Å²) < 4.78 is 0. The number of rotatable bonds is 9. The quantitative estimate of drug-likeness (QED) is 0.395. The Kier molecular flexibility index (Phi) is 8.32. The second-order valence-corrected chi connectivity index (χ2v) is 5.76. The van der Waals surface area contributed by atoms with Gasteiger partial charge in [-0.2, -0.15) is 0 Å². The number of hydroxylamine groups is 2. The Morgan fingerprint density at radius 3 is 2.74 bits per heavy atom. The fourth-order valence-corrected chi connectivity index (χ4v) is 2.44. The van der Waals surface area contributed by atoms with Gasteiger partial charge in [-0.15, -0.1) is 0 Å². The maximum absolute atomic E-state index is 11.7. The smallest absolute Gasteiger partial charge is 0.235 e. The van der Waals surface area contributed by atoms with E-state index in [1.807, 2.05) is 6.92 Å². The van der Waals surface area contributed by atoms with E-state index in [9.17, 15) is 19.6 Å². The maximum Gasteiger partial charge on any atom is 0.235 e. The van der Waals surface area contributed by atoms with Crippen molar-refractivity contribution in [1.82, 2.24) is 15.3 Å². The molecule has 23 heavy (non-hydrogen) atoms. The molecule has 0 radical (unpaired) electrons. The number of unbranched alkanes of at least 4 members (excludes halogenated alkanes) is 2. The van der Waals surface area contributed by atoms with Crippen molar-refractivity contribution < 1.29 is 14.4 Å². The highest BCUT2D eigenvalue weighted by Crippen LogP contribution is 2.16. The molecule has 0 aromatic carbocycles. The maximum atomic E-state index is 11.7. The van der Waals surface area contributed by atoms with Crippen molar-refractivity contribution in [3.8, 4) is 0 Å². The molecule has 1 aliphatic rings. The van der Waals surface area contributed by atoms with Gasteiger partial charge in [0.25, 0.3) is 0 Å². The average molecular weight is 324 g/mol. The van der Waals surface area contributed by atoms with Gasteiger partial charge in [-0.1, -0.05) is 12.5 Å². The van der Waals surface area contributed by atoms with Crippen molar-refractivity contribution in [2.24, 2.45) is 0 Å². The first-order chi connectivity index (χ1) is 11.0. The largest absolute Gasteiger partial charge is 0.756 e. The summed E-state index contributed by atoms with van der Waals surface area (Å²) in [4.78, 5) is 36.2. The molecule has 7 heteroatoms. The normalized spacial score (nSPS) is 17.8. The van der Waals surface area contributed by atoms with Gasteiger partial charge in [0.2, 0.25) is 17.7 Å². The lowest BCUT2D eigenvalue weighted by atomic mass is 10.2. The van der Waals surface area contributed by atoms with Crippen molar-refractivity contribution in [3.63, 3.8) is 0 Å². The summed E-state index contributed by atoms with van der Waals surface area (Å²) in [5, 5.41) is 14.5. The van der Waals surface area contributed by atoms with E-state index in [0.717, 1.165) is 6.42 Å². The van der Waals surface area contributed by atoms with Crippen LogP contribution >= 0.6 is 0 Å². The first-order valence-electron chi connectivity index (χ1n) is 8.13. The second-order valence-electron chi connectivity index (χ2n) is 5.76. The number of carbonyl (C=O) groups is 3. The lowest BCUT2D eigenvalue weighted by Crippen LogP contribution is -2.41. The zero-order chi connectivity index (χ0) is 17.2. The number of amides is 3. The number of hydrogen-bond acceptors (Lipinski definition) is 4. The van der Waals surface area contributed by atoms with Gasteiger partial charge in [-0.25, -0.2) is 0 Å². The minimum Gasteiger partial charge on any atom is -0.756 e. The van der Waals surface area contributed by atoms with Crippen molar-refractivity contribution in [3.05, 3.63) is 17.4 Å². The van der Waals surface area contributed by atoms with E-state index in [1.165, 1.54) is 12.2 Å². The molecule has 1 aliphatic heterocycles. The summed E-state index contributed by atoms with van der Waals surface area (Å²) in [6.45, 7) is 4.07. The van der Waals surface area contributed by atoms with Gasteiger partial charge in [0.15, 0.2) is 0 Å². The van der Waals surface area contributed by atoms with Crippen LogP contribution < -0.4 is 5.32 Å². The van der Waals surface area contributed by atoms with E-state index >= 15 is 0 Å². The summed E-state index contributed by atoms with van der Waals surface area (Å²) in [5.74, 6) is -0.561. The highest BCUT2D eigenvalue weighted by atomic mass is 16.5. The number of allylic oxidation sites excluding steroid dienone is 1. The fourth-order valence-electron chi connectivity index (χ4n) is 2.44. The van der Waals surface area contributed by atoms with Gasteiger partial charge in [-0.05, 0) is 39.2 Å². The molecule has 1 rings (SSSR count). The van der Waals surface area contributed by atoms with E-state index in [2.05, 4.69) is 5.32 Å². The van der Waals surface area contributed by atoms with Crippen LogP contribution in [0.3, 0.4) is 0 Å². The third kappa shape index (κ3) is 6.81. The van der Waals surface area contributed by atoms with Crippen molar-refractivity contribution in [2.45, 2.75) is 58.4 Å². The number of nitrogens with zero attached hydrogens (tertiary/aromatic N) is 2. The Morgan fingerprint density at radius 1 is 1.39 bits per heavy atom. The molecule has 0 saturated carbocycles. The first kappa shape index (κ1) is 19.2. The monoisotopic (exact) mass is 324 g/mol. The zero-order valence-electron chi connectivity index (χ0n) is 13.9. The zero-order valence-corrected chi connectivity index (χ0v) is 13.9. The Bertz CT molecular complexity index is 451. The third-order valence-corrected chi connectivity index (χ3v) is 3.90. The molecule has 0 bridgehead atoms. The molecular weight excluding hydrogens is 298 g/mol. The Hall–Kier alpha value is -1.89. The fraction of sp³-hybridized carbons (Fsp3) is 0.688. The van der Waals surface area contributed by atoms with Crippen molar-refractivity contribution >= 4 is 17.7 Å². The summed E-state index contributed by atoms with van der Waals surface area (Å²) in [6, 6.07) is 0.181. The molecule has 1 N–H and O–H groups in total. The van der Waals surface area contributed by atoms with Gasteiger partial charge in [0.1, 0.15) is 0 Å². The molecule has 1 saturated heterocycles.